The molecule has 6 aliphatic heterocycles. The van der Waals surface area contributed by atoms with Gasteiger partial charge in [0.15, 0.2) is 64.7 Å². The zero-order chi connectivity index (χ0) is 61.1. The topological polar surface area (TPSA) is 391 Å². The number of isocyanates is 1. The van der Waals surface area contributed by atoms with Gasteiger partial charge in [0.25, 0.3) is 11.8 Å². The summed E-state index contributed by atoms with van der Waals surface area (Å²) >= 11 is 0. The van der Waals surface area contributed by atoms with E-state index in [1.165, 1.54) is 82.2 Å². The van der Waals surface area contributed by atoms with Crippen molar-refractivity contribution in [3.05, 3.63) is 73.8 Å². The molecule has 87 heavy (non-hydrogen) atoms. The molecule has 0 spiro atoms. The number of benzene rings is 2. The van der Waals surface area contributed by atoms with Crippen molar-refractivity contribution in [3.8, 4) is 0 Å². The van der Waals surface area contributed by atoms with Gasteiger partial charge in [0.1, 0.15) is 42.6 Å². The van der Waals surface area contributed by atoms with E-state index in [4.69, 9.17) is 43.6 Å². The zero-order valence-corrected chi connectivity index (χ0v) is 49.1. The lowest BCUT2D eigenvalue weighted by molar-refractivity contribution is -0.198. The minimum atomic E-state index is -3.66. The van der Waals surface area contributed by atoms with Gasteiger partial charge in [0, 0.05) is 45.0 Å². The van der Waals surface area contributed by atoms with Crippen LogP contribution < -0.4 is 27.0 Å². The Balaban J connectivity index is 0.000000173. The molecule has 4 aromatic heterocycles. The van der Waals surface area contributed by atoms with E-state index >= 15 is 0 Å². The van der Waals surface area contributed by atoms with Gasteiger partial charge in [-0.2, -0.15) is 13.6 Å². The van der Waals surface area contributed by atoms with E-state index in [0.29, 0.717) is 80.8 Å². The van der Waals surface area contributed by atoms with Crippen molar-refractivity contribution in [2.45, 2.75) is 119 Å². The molecule has 8 atom stereocenters. The molecule has 6 aromatic rings. The molecular formula is C53H68N16O16S2. The number of likely N-dealkylation sites (N-methyl/N-ethyl adjacent to an activating group) is 2. The molecule has 6 fully saturated rings. The first-order valence-electron chi connectivity index (χ1n) is 27.3. The van der Waals surface area contributed by atoms with E-state index in [0.717, 1.165) is 0 Å². The van der Waals surface area contributed by atoms with Crippen LogP contribution in [0.25, 0.3) is 22.3 Å². The van der Waals surface area contributed by atoms with Gasteiger partial charge in [-0.3, -0.25) is 24.0 Å². The predicted molar refractivity (Wildman–Crippen MR) is 307 cm³/mol. The Bertz CT molecular complexity index is 3720. The van der Waals surface area contributed by atoms with Crippen molar-refractivity contribution in [1.29, 1.82) is 0 Å². The second-order valence-electron chi connectivity index (χ2n) is 20.8. The van der Waals surface area contributed by atoms with Gasteiger partial charge in [-0.15, -0.1) is 0 Å². The fourth-order valence-electron chi connectivity index (χ4n) is 10.4. The van der Waals surface area contributed by atoms with Crippen LogP contribution in [0.2, 0.25) is 0 Å². The number of nitrogens with zero attached hydrogens (tertiary/aromatic N) is 11. The van der Waals surface area contributed by atoms with Gasteiger partial charge in [-0.25, -0.2) is 56.3 Å². The first-order chi connectivity index (χ1) is 41.1. The maximum Gasteiger partial charge on any atom is 0.324 e. The van der Waals surface area contributed by atoms with Crippen molar-refractivity contribution in [2.24, 2.45) is 4.99 Å². The third-order valence-electron chi connectivity index (χ3n) is 14.1. The summed E-state index contributed by atoms with van der Waals surface area (Å²) in [4.78, 5) is 77.1. The number of ether oxygens (including phenoxy) is 8. The van der Waals surface area contributed by atoms with E-state index in [1.807, 2.05) is 27.7 Å². The van der Waals surface area contributed by atoms with Crippen LogP contribution in [-0.4, -0.2) is 202 Å². The number of hydrogen-bond donors (Lipinski definition) is 5. The van der Waals surface area contributed by atoms with Crippen LogP contribution in [0, 0.1) is 0 Å². The summed E-state index contributed by atoms with van der Waals surface area (Å²) in [6.45, 7) is 14.5. The average molecular weight is 1250 g/mol. The number of sulfonamides is 2. The average Bonchev–Trinajstić information content (AvgIpc) is 1.65. The Labute approximate surface area is 499 Å². The van der Waals surface area contributed by atoms with Crippen LogP contribution in [0.5, 0.6) is 0 Å². The molecule has 0 aliphatic carbocycles. The van der Waals surface area contributed by atoms with E-state index in [1.54, 1.807) is 29.3 Å². The van der Waals surface area contributed by atoms with Gasteiger partial charge in [-0.05, 0) is 90.1 Å². The summed E-state index contributed by atoms with van der Waals surface area (Å²) in [5, 5.41) is 10.9. The molecule has 468 valence electrons. The molecule has 6 aliphatic rings. The van der Waals surface area contributed by atoms with Crippen LogP contribution in [0.1, 0.15) is 61.4 Å². The normalized spacial score (nSPS) is 24.9. The van der Waals surface area contributed by atoms with Crippen LogP contribution in [0.3, 0.4) is 0 Å². The van der Waals surface area contributed by atoms with Crippen LogP contribution in [-0.2, 0) is 72.3 Å². The van der Waals surface area contributed by atoms with Crippen molar-refractivity contribution < 1.29 is 73.9 Å². The number of amides is 4. The molecule has 6 N–H and O–H groups in total. The summed E-state index contributed by atoms with van der Waals surface area (Å²) in [5.41, 5.74) is 8.21. The monoisotopic (exact) mass is 1250 g/mol. The van der Waals surface area contributed by atoms with Gasteiger partial charge in [0.2, 0.25) is 26.1 Å². The van der Waals surface area contributed by atoms with Gasteiger partial charge in [0.05, 0.1) is 54.6 Å². The SMILES string of the molecule is C.CCNC(=O)[C@H]1O[C@@H](n2cnc3c(N)ncnc32)[C@@H]2OC(C)(C)O[C@@H]21.CCNC(=O)[C@H]1O[C@@H](n2cnc3c(NC(=O)Nc4ccc(S(=O)(=O)N5CCOCC5)cc4)ncnc32)[C@@H]2OC(C)(C)O[C@@H]21.O=C=Nc1ccc(S(=O)(=O)N2CCOCC2)cc1. The van der Waals surface area contributed by atoms with Crippen LogP contribution >= 0.6 is 0 Å². The van der Waals surface area contributed by atoms with E-state index < -0.39 is 86.7 Å². The fourth-order valence-corrected chi connectivity index (χ4v) is 13.2. The number of imidazole rings is 2. The van der Waals surface area contributed by atoms with E-state index in [-0.39, 0.29) is 59.3 Å². The lowest BCUT2D eigenvalue weighted by Gasteiger charge is -2.26. The summed E-state index contributed by atoms with van der Waals surface area (Å²) in [6, 6.07) is 11.1. The number of nitrogens with one attached hydrogen (secondary N) is 4. The lowest BCUT2D eigenvalue weighted by Crippen LogP contribution is -2.42. The molecule has 0 radical (unpaired) electrons. The molecule has 4 amide bonds. The summed E-state index contributed by atoms with van der Waals surface area (Å²) in [6.07, 6.45) is 1.72. The molecule has 2 aromatic carbocycles. The van der Waals surface area contributed by atoms with Gasteiger partial charge >= 0.3 is 6.03 Å². The number of morpholine rings is 2. The van der Waals surface area contributed by atoms with Crippen molar-refractivity contribution in [1.82, 2.24) is 58.3 Å². The number of anilines is 3. The highest BCUT2D eigenvalue weighted by molar-refractivity contribution is 7.89. The first kappa shape index (κ1) is 63.9. The number of hydrogen-bond acceptors (Lipinski definition) is 24. The number of rotatable bonds is 13. The Morgan fingerprint density at radius 2 is 1.06 bits per heavy atom. The zero-order valence-electron chi connectivity index (χ0n) is 47.5. The summed E-state index contributed by atoms with van der Waals surface area (Å²) in [5.74, 6) is -1.88. The molecule has 0 bridgehead atoms. The predicted octanol–water partition coefficient (Wildman–Crippen LogP) is 2.32. The Morgan fingerprint density at radius 3 is 1.53 bits per heavy atom. The fraction of sp³-hybridized carbons (Fsp3) is 0.509. The minimum absolute atomic E-state index is 0. The molecule has 6 saturated heterocycles. The summed E-state index contributed by atoms with van der Waals surface area (Å²) < 4.78 is 103. The molecule has 34 heteroatoms. The van der Waals surface area contributed by atoms with Gasteiger partial charge < -0.3 is 59.6 Å². The molecule has 10 heterocycles. The number of urea groups is 1. The van der Waals surface area contributed by atoms with Gasteiger partial charge in [-0.1, -0.05) is 7.43 Å². The van der Waals surface area contributed by atoms with Crippen molar-refractivity contribution in [3.63, 3.8) is 0 Å². The molecule has 0 saturated carbocycles. The number of nitrogens with two attached hydrogens (primary N) is 1. The van der Waals surface area contributed by atoms with E-state index in [2.05, 4.69) is 56.2 Å². The number of aliphatic imine (C=N–C) groups is 1. The third-order valence-corrected chi connectivity index (χ3v) is 18.0. The highest BCUT2D eigenvalue weighted by Crippen LogP contribution is 2.45. The van der Waals surface area contributed by atoms with Crippen molar-refractivity contribution >= 4 is 89.3 Å². The Morgan fingerprint density at radius 1 is 0.621 bits per heavy atom. The quantitative estimate of drug-likeness (QED) is 0.0818. The lowest BCUT2D eigenvalue weighted by atomic mass is 10.1. The van der Waals surface area contributed by atoms with Crippen molar-refractivity contribution in [2.75, 3.05) is 82.1 Å². The maximum atomic E-state index is 12.9. The standard InChI is InChI=1S/C26H32N8O8S.C15H20N6O4.C11H12N2O4S.CH4/c1-4-27-23(35)19-18-20(42-26(2,3)41-18)24(40-19)34-14-30-17-21(28-13-29-22(17)34)32-25(36)31-15-5-7-16(8-6-15)43(37,38)33-9-11-39-12-10-33;1-4-17-13(22)9-8-10(25-15(2,3)24-8)14(23-9)21-6-20-7-11(16)18-5-19-12(7)21;14-9-12-10-1-3-11(4-2-10)18(15,16)13-5-7-17-8-6-13;/h5-8,13-14,18-20,24H,4,9-12H2,1-3H3,(H,27,35)(H2,28,29,31,32,36);5-6,8-10,14H,4H2,1-3H3,(H,17,22)(H2,16,18,19);1-4H,5-8H2;1H4/t18-,19+,20-,24-;8-,9+,10-,14-;;/m11../s1. The van der Waals surface area contributed by atoms with Crippen LogP contribution in [0.4, 0.5) is 27.8 Å². The number of nitrogen functional groups attached to an aromatic ring is 1. The maximum absolute atomic E-state index is 12.9. The largest absolute Gasteiger partial charge is 0.382 e. The molecule has 0 unspecified atom stereocenters. The molecular weight excluding hydrogens is 1180 g/mol. The molecule has 12 rings (SSSR count). The Kier molecular flexibility index (Phi) is 19.4. The van der Waals surface area contributed by atoms with Crippen LogP contribution in [0.15, 0.2) is 88.6 Å². The number of aromatic nitrogens is 8. The second kappa shape index (κ2) is 26.4. The second-order valence-corrected chi connectivity index (χ2v) is 24.7. The highest BCUT2D eigenvalue weighted by Gasteiger charge is 2.60. The Hall–Kier alpha value is -7.57. The highest BCUT2D eigenvalue weighted by atomic mass is 32.2. The molecule has 32 nitrogen and oxygen atoms in total. The summed E-state index contributed by atoms with van der Waals surface area (Å²) in [7, 11) is -7.14. The first-order valence-corrected chi connectivity index (χ1v) is 30.2. The number of carbonyl (C=O) groups excluding carboxylic acids is 4. The minimum Gasteiger partial charge on any atom is -0.382 e. The van der Waals surface area contributed by atoms with E-state index in [9.17, 15) is 36.0 Å². The number of carbonyl (C=O) groups is 3. The number of fused-ring (bicyclic) bond motifs is 4. The third kappa shape index (κ3) is 13.6. The smallest absolute Gasteiger partial charge is 0.324 e.